The highest BCUT2D eigenvalue weighted by molar-refractivity contribution is 6.33. The molecule has 1 rings (SSSR count). The molecule has 0 spiro atoms. The molecule has 2 N–H and O–H groups in total. The Bertz CT molecular complexity index is 441. The van der Waals surface area contributed by atoms with Crippen LogP contribution >= 0.6 is 11.6 Å². The van der Waals surface area contributed by atoms with Crippen molar-refractivity contribution in [2.24, 2.45) is 5.92 Å². The number of carboxylic acids is 1. The van der Waals surface area contributed by atoms with Gasteiger partial charge in [0.1, 0.15) is 17.9 Å². The Hall–Kier alpha value is -1.26. The summed E-state index contributed by atoms with van der Waals surface area (Å²) in [6.45, 7) is 5.37. The van der Waals surface area contributed by atoms with Gasteiger partial charge in [-0.3, -0.25) is 0 Å². The minimum atomic E-state index is -1.15. The number of rotatable bonds is 5. The normalized spacial score (nSPS) is 14.3. The number of carboxylic acid groups (broad SMARTS) is 1. The van der Waals surface area contributed by atoms with Crippen molar-refractivity contribution in [3.8, 4) is 5.75 Å². The molecule has 0 aromatic heterocycles. The van der Waals surface area contributed by atoms with Gasteiger partial charge >= 0.3 is 5.97 Å². The van der Waals surface area contributed by atoms with Crippen molar-refractivity contribution in [2.75, 3.05) is 6.61 Å². The van der Waals surface area contributed by atoms with E-state index in [4.69, 9.17) is 21.4 Å². The van der Waals surface area contributed by atoms with Crippen LogP contribution in [0.1, 0.15) is 31.1 Å². The van der Waals surface area contributed by atoms with Crippen molar-refractivity contribution in [3.63, 3.8) is 0 Å². The molecule has 0 saturated heterocycles. The molecule has 0 aliphatic carbocycles. The Labute approximate surface area is 111 Å². The van der Waals surface area contributed by atoms with Gasteiger partial charge in [0.05, 0.1) is 10.6 Å². The number of hydrogen-bond donors (Lipinski definition) is 2. The SMILES string of the molecule is CC(C)C(C)(O)COc1cccc(Cl)c1C(=O)O. The Morgan fingerprint density at radius 2 is 2.11 bits per heavy atom. The first kappa shape index (κ1) is 14.8. The van der Waals surface area contributed by atoms with Gasteiger partial charge in [-0.2, -0.15) is 0 Å². The summed E-state index contributed by atoms with van der Waals surface area (Å²) in [6, 6.07) is 4.61. The van der Waals surface area contributed by atoms with Gasteiger partial charge in [-0.25, -0.2) is 4.79 Å². The third-order valence-electron chi connectivity index (χ3n) is 2.95. The Kier molecular flexibility index (Phi) is 4.59. The van der Waals surface area contributed by atoms with Crippen molar-refractivity contribution in [1.82, 2.24) is 0 Å². The molecule has 0 aliphatic heterocycles. The summed E-state index contributed by atoms with van der Waals surface area (Å²) in [5.74, 6) is -0.999. The predicted molar refractivity (Wildman–Crippen MR) is 69.4 cm³/mol. The van der Waals surface area contributed by atoms with Crippen LogP contribution in [0.2, 0.25) is 5.02 Å². The topological polar surface area (TPSA) is 66.8 Å². The van der Waals surface area contributed by atoms with Crippen molar-refractivity contribution >= 4 is 17.6 Å². The van der Waals surface area contributed by atoms with Crippen LogP contribution in [0.5, 0.6) is 5.75 Å². The molecule has 0 amide bonds. The molecule has 4 nitrogen and oxygen atoms in total. The van der Waals surface area contributed by atoms with E-state index in [0.29, 0.717) is 0 Å². The monoisotopic (exact) mass is 272 g/mol. The van der Waals surface area contributed by atoms with Gasteiger partial charge in [0.25, 0.3) is 0 Å². The predicted octanol–water partition coefficient (Wildman–Crippen LogP) is 2.82. The molecule has 1 aromatic carbocycles. The summed E-state index contributed by atoms with van der Waals surface area (Å²) >= 11 is 5.81. The third kappa shape index (κ3) is 3.37. The third-order valence-corrected chi connectivity index (χ3v) is 3.27. The first-order valence-electron chi connectivity index (χ1n) is 5.62. The molecule has 100 valence electrons. The van der Waals surface area contributed by atoms with Gasteiger partial charge in [0.15, 0.2) is 0 Å². The van der Waals surface area contributed by atoms with Gasteiger partial charge in [0.2, 0.25) is 0 Å². The molecule has 18 heavy (non-hydrogen) atoms. The molecule has 1 unspecified atom stereocenters. The van der Waals surface area contributed by atoms with E-state index in [9.17, 15) is 9.90 Å². The summed E-state index contributed by atoms with van der Waals surface area (Å²) in [5.41, 5.74) is -1.11. The largest absolute Gasteiger partial charge is 0.490 e. The van der Waals surface area contributed by atoms with Gasteiger partial charge in [0, 0.05) is 0 Å². The molecule has 0 saturated carbocycles. The van der Waals surface area contributed by atoms with E-state index < -0.39 is 11.6 Å². The molecular formula is C13H17ClO4. The van der Waals surface area contributed by atoms with Gasteiger partial charge in [-0.1, -0.05) is 31.5 Å². The summed E-state index contributed by atoms with van der Waals surface area (Å²) < 4.78 is 5.39. The van der Waals surface area contributed by atoms with E-state index in [1.54, 1.807) is 13.0 Å². The van der Waals surface area contributed by atoms with Crippen LogP contribution in [0.3, 0.4) is 0 Å². The van der Waals surface area contributed by atoms with E-state index >= 15 is 0 Å². The quantitative estimate of drug-likeness (QED) is 0.865. The van der Waals surface area contributed by atoms with Gasteiger partial charge < -0.3 is 14.9 Å². The lowest BCUT2D eigenvalue weighted by Crippen LogP contribution is -2.38. The van der Waals surface area contributed by atoms with E-state index in [0.717, 1.165) is 0 Å². The average molecular weight is 273 g/mol. The maximum Gasteiger partial charge on any atom is 0.341 e. The number of aromatic carboxylic acids is 1. The van der Waals surface area contributed by atoms with E-state index in [2.05, 4.69) is 0 Å². The second-order valence-corrected chi connectivity index (χ2v) is 5.13. The molecule has 0 radical (unpaired) electrons. The van der Waals surface area contributed by atoms with Crippen LogP contribution in [0.15, 0.2) is 18.2 Å². The van der Waals surface area contributed by atoms with Crippen LogP contribution in [0.25, 0.3) is 0 Å². The molecule has 0 heterocycles. The van der Waals surface area contributed by atoms with E-state index in [1.807, 2.05) is 13.8 Å². The second kappa shape index (κ2) is 5.59. The summed E-state index contributed by atoms with van der Waals surface area (Å²) in [7, 11) is 0. The van der Waals surface area contributed by atoms with Crippen molar-refractivity contribution in [2.45, 2.75) is 26.4 Å². The maximum atomic E-state index is 11.1. The summed E-state index contributed by atoms with van der Waals surface area (Å²) in [4.78, 5) is 11.1. The molecule has 0 aliphatic rings. The molecule has 1 aromatic rings. The number of aliphatic hydroxyl groups is 1. The fourth-order valence-electron chi connectivity index (χ4n) is 1.22. The highest BCUT2D eigenvalue weighted by Crippen LogP contribution is 2.28. The average Bonchev–Trinajstić information content (AvgIpc) is 2.25. The number of carbonyl (C=O) groups is 1. The standard InChI is InChI=1S/C13H17ClO4/c1-8(2)13(3,17)7-18-10-6-4-5-9(14)11(10)12(15)16/h4-6,8,17H,7H2,1-3H3,(H,15,16). The molecule has 1 atom stereocenters. The zero-order chi connectivity index (χ0) is 13.9. The fraction of sp³-hybridized carbons (Fsp3) is 0.462. The molecule has 0 bridgehead atoms. The van der Waals surface area contributed by atoms with Crippen molar-refractivity contribution in [1.29, 1.82) is 0 Å². The highest BCUT2D eigenvalue weighted by atomic mass is 35.5. The number of ether oxygens (including phenoxy) is 1. The first-order valence-corrected chi connectivity index (χ1v) is 6.00. The lowest BCUT2D eigenvalue weighted by Gasteiger charge is -2.27. The van der Waals surface area contributed by atoms with Crippen LogP contribution in [-0.4, -0.2) is 28.4 Å². The van der Waals surface area contributed by atoms with Crippen molar-refractivity contribution < 1.29 is 19.7 Å². The lowest BCUT2D eigenvalue weighted by molar-refractivity contribution is -0.0269. The Morgan fingerprint density at radius 1 is 1.50 bits per heavy atom. The van der Waals surface area contributed by atoms with Crippen LogP contribution in [0, 0.1) is 5.92 Å². The van der Waals surface area contributed by atoms with Gasteiger partial charge in [-0.15, -0.1) is 0 Å². The maximum absolute atomic E-state index is 11.1. The van der Waals surface area contributed by atoms with Crippen molar-refractivity contribution in [3.05, 3.63) is 28.8 Å². The number of hydrogen-bond acceptors (Lipinski definition) is 3. The first-order chi connectivity index (χ1) is 8.25. The van der Waals surface area contributed by atoms with E-state index in [-0.39, 0.29) is 28.9 Å². The molecular weight excluding hydrogens is 256 g/mol. The fourth-order valence-corrected chi connectivity index (χ4v) is 1.47. The van der Waals surface area contributed by atoms with Crippen LogP contribution in [-0.2, 0) is 0 Å². The Balaban J connectivity index is 2.92. The molecule has 5 heteroatoms. The molecule has 0 fully saturated rings. The van der Waals surface area contributed by atoms with E-state index in [1.165, 1.54) is 12.1 Å². The zero-order valence-corrected chi connectivity index (χ0v) is 11.4. The minimum absolute atomic E-state index is 0.00525. The van der Waals surface area contributed by atoms with Crippen LogP contribution < -0.4 is 4.74 Å². The highest BCUT2D eigenvalue weighted by Gasteiger charge is 2.27. The number of benzene rings is 1. The summed E-state index contributed by atoms with van der Waals surface area (Å²) in [5, 5.41) is 19.2. The second-order valence-electron chi connectivity index (χ2n) is 4.72. The summed E-state index contributed by atoms with van der Waals surface area (Å²) in [6.07, 6.45) is 0. The van der Waals surface area contributed by atoms with Crippen LogP contribution in [0.4, 0.5) is 0 Å². The Morgan fingerprint density at radius 3 is 2.61 bits per heavy atom. The number of halogens is 1. The lowest BCUT2D eigenvalue weighted by atomic mass is 9.94. The zero-order valence-electron chi connectivity index (χ0n) is 10.6. The van der Waals surface area contributed by atoms with Gasteiger partial charge in [-0.05, 0) is 25.0 Å². The minimum Gasteiger partial charge on any atom is -0.490 e. The smallest absolute Gasteiger partial charge is 0.341 e.